The summed E-state index contributed by atoms with van der Waals surface area (Å²) in [5.74, 6) is 0. The van der Waals surface area contributed by atoms with E-state index in [4.69, 9.17) is 14.3 Å². The van der Waals surface area contributed by atoms with Crippen molar-refractivity contribution in [3.8, 4) is 0 Å². The standard InChI is InChI=1S/C9H14NO6PS.HI/c1-2-10-5-3-4-8(7-10)6-9(17(11,12)13)18(14,15)16;/h3-5,7,9H,2,6H2,1H3,(H2-,11,12,13,14,15,16);1H. The highest BCUT2D eigenvalue weighted by Gasteiger charge is 2.40. The maximum absolute atomic E-state index is 11.1. The first-order chi connectivity index (χ1) is 8.14. The second-order valence-corrected chi connectivity index (χ2v) is 7.56. The number of hydrogen-bond acceptors (Lipinski definition) is 3. The van der Waals surface area contributed by atoms with Crippen LogP contribution in [0.1, 0.15) is 12.5 Å². The van der Waals surface area contributed by atoms with Gasteiger partial charge in [0.1, 0.15) is 6.54 Å². The van der Waals surface area contributed by atoms with Crippen molar-refractivity contribution < 1.29 is 55.9 Å². The summed E-state index contributed by atoms with van der Waals surface area (Å²) in [6.07, 6.45) is 2.88. The Hall–Kier alpha value is -0.0600. The third kappa shape index (κ3) is 5.84. The molecule has 0 amide bonds. The fourth-order valence-corrected chi connectivity index (χ4v) is 3.73. The van der Waals surface area contributed by atoms with Crippen LogP contribution in [0.25, 0.3) is 0 Å². The van der Waals surface area contributed by atoms with Crippen LogP contribution < -0.4 is 28.5 Å². The van der Waals surface area contributed by atoms with Gasteiger partial charge in [-0.05, 0) is 13.0 Å². The van der Waals surface area contributed by atoms with Crippen LogP contribution in [0.5, 0.6) is 0 Å². The summed E-state index contributed by atoms with van der Waals surface area (Å²) >= 11 is 0. The van der Waals surface area contributed by atoms with Crippen molar-refractivity contribution >= 4 is 17.7 Å². The Bertz CT molecular complexity index is 572. The topological polar surface area (TPSA) is 116 Å². The van der Waals surface area contributed by atoms with E-state index in [9.17, 15) is 13.0 Å². The van der Waals surface area contributed by atoms with Crippen molar-refractivity contribution in [1.29, 1.82) is 0 Å². The predicted octanol–water partition coefficient (Wildman–Crippen LogP) is -3.07. The normalized spacial score (nSPS) is 13.7. The summed E-state index contributed by atoms with van der Waals surface area (Å²) in [5, 5.41) is 0. The first-order valence-electron chi connectivity index (χ1n) is 5.14. The van der Waals surface area contributed by atoms with Crippen LogP contribution >= 0.6 is 7.60 Å². The lowest BCUT2D eigenvalue weighted by molar-refractivity contribution is -0.693. The molecule has 7 nitrogen and oxygen atoms in total. The van der Waals surface area contributed by atoms with Crippen LogP contribution in [0.3, 0.4) is 0 Å². The molecule has 19 heavy (non-hydrogen) atoms. The van der Waals surface area contributed by atoms with Gasteiger partial charge in [-0.2, -0.15) is 8.42 Å². The van der Waals surface area contributed by atoms with E-state index < -0.39 is 29.1 Å². The Labute approximate surface area is 128 Å². The molecule has 0 aromatic carbocycles. The molecule has 1 heterocycles. The van der Waals surface area contributed by atoms with E-state index in [1.807, 2.05) is 6.92 Å². The van der Waals surface area contributed by atoms with Crippen LogP contribution in [0.15, 0.2) is 24.5 Å². The molecular formula is C9H15INO6PS. The minimum Gasteiger partial charge on any atom is -1.00 e. The fraction of sp³-hybridized carbons (Fsp3) is 0.444. The highest BCUT2D eigenvalue weighted by Crippen LogP contribution is 2.45. The Morgan fingerprint density at radius 3 is 2.42 bits per heavy atom. The Morgan fingerprint density at radius 2 is 2.00 bits per heavy atom. The lowest BCUT2D eigenvalue weighted by Gasteiger charge is -2.14. The minimum atomic E-state index is -4.93. The van der Waals surface area contributed by atoms with Gasteiger partial charge in [0.25, 0.3) is 10.1 Å². The number of aryl methyl sites for hydroxylation is 1. The summed E-state index contributed by atoms with van der Waals surface area (Å²) in [5.41, 5.74) is 0.422. The van der Waals surface area contributed by atoms with E-state index >= 15 is 0 Å². The Morgan fingerprint density at radius 1 is 1.42 bits per heavy atom. The highest BCUT2D eigenvalue weighted by molar-refractivity contribution is 7.93. The molecule has 0 bridgehead atoms. The maximum Gasteiger partial charge on any atom is 0.346 e. The molecule has 0 fully saturated rings. The SMILES string of the molecule is CC[n+]1cccc(CC(P(=O)(O)O)S(=O)(=O)O)c1.[I-]. The van der Waals surface area contributed by atoms with Crippen molar-refractivity contribution in [3.63, 3.8) is 0 Å². The average molecular weight is 423 g/mol. The summed E-state index contributed by atoms with van der Waals surface area (Å²) in [6, 6.07) is 3.18. The van der Waals surface area contributed by atoms with Gasteiger partial charge in [-0.25, -0.2) is 4.57 Å². The second-order valence-electron chi connectivity index (χ2n) is 3.81. The average Bonchev–Trinajstić information content (AvgIpc) is 2.23. The molecule has 1 aromatic heterocycles. The minimum absolute atomic E-state index is 0. The number of halogens is 1. The third-order valence-corrected chi connectivity index (χ3v) is 5.82. The van der Waals surface area contributed by atoms with Gasteiger partial charge in [0.2, 0.25) is 0 Å². The molecule has 0 spiro atoms. The van der Waals surface area contributed by atoms with Crippen LogP contribution in [0.2, 0.25) is 0 Å². The lowest BCUT2D eigenvalue weighted by atomic mass is 10.2. The molecule has 0 radical (unpaired) electrons. The van der Waals surface area contributed by atoms with E-state index in [0.717, 1.165) is 0 Å². The zero-order valence-electron chi connectivity index (χ0n) is 10.0. The molecule has 0 aliphatic rings. The fourth-order valence-electron chi connectivity index (χ4n) is 1.49. The van der Waals surface area contributed by atoms with Crippen molar-refractivity contribution in [1.82, 2.24) is 0 Å². The second kappa shape index (κ2) is 7.09. The molecule has 1 rings (SSSR count). The van der Waals surface area contributed by atoms with Gasteiger partial charge in [-0.1, -0.05) is 0 Å². The summed E-state index contributed by atoms with van der Waals surface area (Å²) in [6.45, 7) is 2.51. The molecule has 0 saturated heterocycles. The number of nitrogens with zero attached hydrogens (tertiary/aromatic N) is 1. The summed E-state index contributed by atoms with van der Waals surface area (Å²) in [7, 11) is -9.75. The molecule has 1 unspecified atom stereocenters. The van der Waals surface area contributed by atoms with Gasteiger partial charge in [0.15, 0.2) is 17.4 Å². The van der Waals surface area contributed by atoms with E-state index in [2.05, 4.69) is 0 Å². The number of pyridine rings is 1. The van der Waals surface area contributed by atoms with E-state index in [1.54, 1.807) is 29.1 Å². The number of rotatable bonds is 5. The first kappa shape index (κ1) is 18.9. The maximum atomic E-state index is 11.1. The summed E-state index contributed by atoms with van der Waals surface area (Å²) in [4.78, 5) is 15.8. The number of aromatic nitrogens is 1. The van der Waals surface area contributed by atoms with Crippen LogP contribution in [0, 0.1) is 0 Å². The van der Waals surface area contributed by atoms with E-state index in [-0.39, 0.29) is 24.0 Å². The summed E-state index contributed by atoms with van der Waals surface area (Å²) < 4.78 is 43.7. The van der Waals surface area contributed by atoms with Gasteiger partial charge in [0.05, 0.1) is 0 Å². The molecule has 0 saturated carbocycles. The zero-order valence-corrected chi connectivity index (χ0v) is 13.9. The predicted molar refractivity (Wildman–Crippen MR) is 63.4 cm³/mol. The van der Waals surface area contributed by atoms with Crippen molar-refractivity contribution in [2.45, 2.75) is 24.9 Å². The van der Waals surface area contributed by atoms with E-state index in [0.29, 0.717) is 12.1 Å². The van der Waals surface area contributed by atoms with Gasteiger partial charge in [-0.3, -0.25) is 9.12 Å². The molecular weight excluding hydrogens is 408 g/mol. The quantitative estimate of drug-likeness (QED) is 0.201. The largest absolute Gasteiger partial charge is 1.00 e. The molecule has 110 valence electrons. The lowest BCUT2D eigenvalue weighted by Crippen LogP contribution is -3.00. The third-order valence-electron chi connectivity index (χ3n) is 2.41. The highest BCUT2D eigenvalue weighted by atomic mass is 127. The van der Waals surface area contributed by atoms with Crippen LogP contribution in [-0.4, -0.2) is 27.7 Å². The molecule has 1 atom stereocenters. The Kier molecular flexibility index (Phi) is 7.07. The van der Waals surface area contributed by atoms with Crippen LogP contribution in [-0.2, 0) is 27.6 Å². The Balaban J connectivity index is 0.00000324. The van der Waals surface area contributed by atoms with Gasteiger partial charge in [0, 0.05) is 18.1 Å². The first-order valence-corrected chi connectivity index (χ1v) is 8.32. The number of hydrogen-bond donors (Lipinski definition) is 3. The molecule has 0 aliphatic heterocycles. The van der Waals surface area contributed by atoms with Crippen molar-refractivity contribution in [2.24, 2.45) is 0 Å². The molecule has 0 aliphatic carbocycles. The van der Waals surface area contributed by atoms with Crippen molar-refractivity contribution in [2.75, 3.05) is 0 Å². The zero-order chi connectivity index (χ0) is 14.0. The molecule has 1 aromatic rings. The molecule has 10 heteroatoms. The van der Waals surface area contributed by atoms with Crippen LogP contribution in [0.4, 0.5) is 0 Å². The smallest absolute Gasteiger partial charge is 0.346 e. The monoisotopic (exact) mass is 423 g/mol. The van der Waals surface area contributed by atoms with Crippen molar-refractivity contribution in [3.05, 3.63) is 30.1 Å². The molecule has 3 N–H and O–H groups in total. The van der Waals surface area contributed by atoms with Gasteiger partial charge in [-0.15, -0.1) is 0 Å². The van der Waals surface area contributed by atoms with Gasteiger partial charge < -0.3 is 33.8 Å². The van der Waals surface area contributed by atoms with Gasteiger partial charge >= 0.3 is 7.60 Å². The van der Waals surface area contributed by atoms with E-state index in [1.165, 1.54) is 0 Å².